The lowest BCUT2D eigenvalue weighted by Crippen LogP contribution is -2.54. The number of hydrogen-bond acceptors (Lipinski definition) is 4. The number of fused-ring (bicyclic) bond motifs is 8. The van der Waals surface area contributed by atoms with E-state index in [2.05, 4.69) is 108 Å². The minimum Gasteiger partial charge on any atom is -0.456 e. The molecule has 6 aromatic carbocycles. The van der Waals surface area contributed by atoms with E-state index < -0.39 is 0 Å². The summed E-state index contributed by atoms with van der Waals surface area (Å²) in [7, 11) is 0. The van der Waals surface area contributed by atoms with Crippen LogP contribution in [0.3, 0.4) is 0 Å². The van der Waals surface area contributed by atoms with E-state index in [1.54, 1.807) is 0 Å². The second-order valence-electron chi connectivity index (χ2n) is 11.9. The molecule has 0 N–H and O–H groups in total. The van der Waals surface area contributed by atoms with Crippen LogP contribution in [-0.4, -0.2) is 21.8 Å². The summed E-state index contributed by atoms with van der Waals surface area (Å²) >= 11 is 0. The van der Waals surface area contributed by atoms with Crippen LogP contribution in [0.4, 0.5) is 0 Å². The van der Waals surface area contributed by atoms with Crippen LogP contribution in [-0.2, 0) is 6.42 Å². The van der Waals surface area contributed by atoms with Gasteiger partial charge in [-0.1, -0.05) is 95.7 Å². The normalized spacial score (nSPS) is 12.7. The summed E-state index contributed by atoms with van der Waals surface area (Å²) in [6.07, 6.45) is 0.715. The first-order valence-electron chi connectivity index (χ1n) is 15.0. The minimum atomic E-state index is -0.144. The molecule has 0 atom stereocenters. The number of para-hydroxylation sites is 3. The molecule has 0 radical (unpaired) electrons. The van der Waals surface area contributed by atoms with E-state index in [0.29, 0.717) is 6.42 Å². The average Bonchev–Trinajstić information content (AvgIpc) is 3.75. The topological polar surface area (TPSA) is 57.0 Å². The van der Waals surface area contributed by atoms with Crippen LogP contribution in [0.1, 0.15) is 16.7 Å². The highest BCUT2D eigenvalue weighted by molar-refractivity contribution is 6.86. The number of benzene rings is 6. The first-order chi connectivity index (χ1) is 21.7. The van der Waals surface area contributed by atoms with Crippen LogP contribution in [0.5, 0.6) is 0 Å². The highest BCUT2D eigenvalue weighted by Gasteiger charge is 2.36. The Morgan fingerprint density at radius 1 is 0.636 bits per heavy atom. The van der Waals surface area contributed by atoms with Gasteiger partial charge >= 0.3 is 6.85 Å². The molecule has 4 heterocycles. The van der Waals surface area contributed by atoms with E-state index in [1.807, 2.05) is 24.3 Å². The molecule has 10 rings (SSSR count). The first-order valence-corrected chi connectivity index (χ1v) is 15.0. The Hall–Kier alpha value is -5.62. The zero-order chi connectivity index (χ0) is 28.9. The quantitative estimate of drug-likeness (QED) is 0.206. The van der Waals surface area contributed by atoms with Gasteiger partial charge in [-0.2, -0.15) is 0 Å². The van der Waals surface area contributed by atoms with Crippen LogP contribution in [0.25, 0.3) is 66.0 Å². The maximum atomic E-state index is 6.42. The van der Waals surface area contributed by atoms with Gasteiger partial charge in [0.1, 0.15) is 27.8 Å². The number of nitrogens with zero attached hydrogens (tertiary/aromatic N) is 3. The van der Waals surface area contributed by atoms with Crippen molar-refractivity contribution in [3.63, 3.8) is 0 Å². The Labute approximate surface area is 252 Å². The number of rotatable bonds is 3. The average molecular weight is 565 g/mol. The maximum Gasteiger partial charge on any atom is 0.353 e. The summed E-state index contributed by atoms with van der Waals surface area (Å²) in [5.41, 5.74) is 14.1. The molecule has 9 aromatic rings. The summed E-state index contributed by atoms with van der Waals surface area (Å²) < 4.78 is 14.8. The molecule has 5 nitrogen and oxygen atoms in total. The van der Waals surface area contributed by atoms with Crippen molar-refractivity contribution in [2.24, 2.45) is 0 Å². The zero-order valence-electron chi connectivity index (χ0n) is 23.9. The largest absolute Gasteiger partial charge is 0.456 e. The van der Waals surface area contributed by atoms with Crippen molar-refractivity contribution in [3.05, 3.63) is 132 Å². The Morgan fingerprint density at radius 2 is 1.34 bits per heavy atom. The lowest BCUT2D eigenvalue weighted by Gasteiger charge is -2.27. The van der Waals surface area contributed by atoms with Crippen LogP contribution in [0.15, 0.2) is 124 Å². The van der Waals surface area contributed by atoms with Crippen molar-refractivity contribution in [3.8, 4) is 11.1 Å². The summed E-state index contributed by atoms with van der Waals surface area (Å²) in [5, 5.41) is 13.9. The van der Waals surface area contributed by atoms with Crippen molar-refractivity contribution in [1.82, 2.24) is 14.9 Å². The third-order valence-electron chi connectivity index (χ3n) is 9.40. The van der Waals surface area contributed by atoms with Crippen molar-refractivity contribution in [2.75, 3.05) is 0 Å². The highest BCUT2D eigenvalue weighted by atomic mass is 16.3. The lowest BCUT2D eigenvalue weighted by atomic mass is 9.46. The molecule has 1 aliphatic rings. The van der Waals surface area contributed by atoms with Gasteiger partial charge < -0.3 is 8.83 Å². The van der Waals surface area contributed by atoms with E-state index in [1.165, 1.54) is 38.7 Å². The smallest absolute Gasteiger partial charge is 0.353 e. The molecule has 1 aliphatic heterocycles. The summed E-state index contributed by atoms with van der Waals surface area (Å²) in [5.74, 6) is 0. The van der Waals surface area contributed by atoms with Crippen LogP contribution in [0.2, 0.25) is 0 Å². The van der Waals surface area contributed by atoms with Gasteiger partial charge in [0.2, 0.25) is 0 Å². The van der Waals surface area contributed by atoms with Gasteiger partial charge in [-0.25, -0.2) is 0 Å². The molecule has 206 valence electrons. The van der Waals surface area contributed by atoms with Gasteiger partial charge in [0.05, 0.1) is 5.52 Å². The van der Waals surface area contributed by atoms with Crippen molar-refractivity contribution >= 4 is 72.7 Å². The van der Waals surface area contributed by atoms with Crippen molar-refractivity contribution in [2.45, 2.75) is 13.3 Å². The molecule has 0 fully saturated rings. The molecule has 0 saturated heterocycles. The third-order valence-corrected chi connectivity index (χ3v) is 9.40. The molecular weight excluding hydrogens is 541 g/mol. The molecule has 0 spiro atoms. The standard InChI is InChI=1S/C38H24BN3O2/c1-22-8-6-11-28-29-12-7-13-32-38(29)42(41-40-32)39(37(22)28)31-21-30-26-10-3-5-15-34(26)44-36(30)20-24(31)18-23-16-17-27-25-9-2-4-14-33(25)43-35(27)19-23/h2-17,19-21H,18H2,1H3. The predicted octanol–water partition coefficient (Wildman–Crippen LogP) is 7.76. The van der Waals surface area contributed by atoms with Gasteiger partial charge in [0.15, 0.2) is 0 Å². The Morgan fingerprint density at radius 3 is 2.18 bits per heavy atom. The molecule has 0 saturated carbocycles. The zero-order valence-corrected chi connectivity index (χ0v) is 23.9. The van der Waals surface area contributed by atoms with Gasteiger partial charge in [-0.15, -0.1) is 5.10 Å². The van der Waals surface area contributed by atoms with Gasteiger partial charge in [-0.3, -0.25) is 4.59 Å². The van der Waals surface area contributed by atoms with Crippen molar-refractivity contribution < 1.29 is 8.83 Å². The van der Waals surface area contributed by atoms with Crippen molar-refractivity contribution in [1.29, 1.82) is 0 Å². The Kier molecular flexibility index (Phi) is 4.73. The Balaban J connectivity index is 1.25. The van der Waals surface area contributed by atoms with E-state index in [-0.39, 0.29) is 6.85 Å². The maximum absolute atomic E-state index is 6.42. The SMILES string of the molecule is Cc1cccc2c1B(c1cc3c(cc1Cc1ccc4c(c1)oc1ccccc14)oc1ccccc13)n1nnc3cccc-2c31. The number of aromatic nitrogens is 3. The fourth-order valence-corrected chi connectivity index (χ4v) is 7.42. The fraction of sp³-hybridized carbons (Fsp3) is 0.0526. The van der Waals surface area contributed by atoms with E-state index in [0.717, 1.165) is 54.9 Å². The molecular formula is C38H24BN3O2. The van der Waals surface area contributed by atoms with Gasteiger partial charge in [-0.05, 0) is 71.3 Å². The third kappa shape index (κ3) is 3.25. The lowest BCUT2D eigenvalue weighted by molar-refractivity contribution is 0.668. The van der Waals surface area contributed by atoms with E-state index in [9.17, 15) is 0 Å². The van der Waals surface area contributed by atoms with Crippen LogP contribution in [0, 0.1) is 6.92 Å². The molecule has 0 bridgehead atoms. The summed E-state index contributed by atoms with van der Waals surface area (Å²) in [6.45, 7) is 2.06. The Bertz CT molecular complexity index is 2630. The number of furan rings is 2. The van der Waals surface area contributed by atoms with Gasteiger partial charge in [0, 0.05) is 27.1 Å². The number of hydrogen-bond donors (Lipinski definition) is 0. The summed E-state index contributed by atoms with van der Waals surface area (Å²) in [4.78, 5) is 0. The van der Waals surface area contributed by atoms with Gasteiger partial charge in [0.25, 0.3) is 0 Å². The second-order valence-corrected chi connectivity index (χ2v) is 11.9. The fourth-order valence-electron chi connectivity index (χ4n) is 7.42. The van der Waals surface area contributed by atoms with E-state index in [4.69, 9.17) is 14.0 Å². The first kappa shape index (κ1) is 23.9. The highest BCUT2D eigenvalue weighted by Crippen LogP contribution is 2.35. The monoisotopic (exact) mass is 565 g/mol. The molecule has 0 amide bonds. The molecule has 0 aliphatic carbocycles. The second kappa shape index (κ2) is 8.71. The van der Waals surface area contributed by atoms with E-state index >= 15 is 0 Å². The number of aryl methyl sites for hydroxylation is 1. The summed E-state index contributed by atoms with van der Waals surface area (Å²) in [6, 6.07) is 40.6. The predicted molar refractivity (Wildman–Crippen MR) is 178 cm³/mol. The molecule has 3 aromatic heterocycles. The minimum absolute atomic E-state index is 0.144. The molecule has 44 heavy (non-hydrogen) atoms. The van der Waals surface area contributed by atoms with Crippen LogP contribution >= 0.6 is 0 Å². The van der Waals surface area contributed by atoms with Crippen LogP contribution < -0.4 is 10.9 Å². The molecule has 0 unspecified atom stereocenters. The molecule has 6 heteroatoms.